The van der Waals surface area contributed by atoms with Crippen molar-refractivity contribution >= 4 is 17.5 Å². The lowest BCUT2D eigenvalue weighted by molar-refractivity contribution is -0.147. The zero-order valence-corrected chi connectivity index (χ0v) is 11.5. The van der Waals surface area contributed by atoms with Gasteiger partial charge in [-0.05, 0) is 13.8 Å². The van der Waals surface area contributed by atoms with E-state index in [2.05, 4.69) is 14.7 Å². The van der Waals surface area contributed by atoms with E-state index in [1.165, 1.54) is 21.1 Å². The quantitative estimate of drug-likeness (QED) is 0.351. The maximum Gasteiger partial charge on any atom is 0.316 e. The average molecular weight is 263 g/mol. The summed E-state index contributed by atoms with van der Waals surface area (Å²) in [4.78, 5) is 28.3. The maximum absolute atomic E-state index is 12.2. The molecule has 19 heavy (non-hydrogen) atoms. The molecule has 0 N–H and O–H groups in total. The number of nitrogens with zero attached hydrogens (tertiary/aromatic N) is 1. The minimum absolute atomic E-state index is 0.111. The summed E-state index contributed by atoms with van der Waals surface area (Å²) in [5.41, 5.74) is 1.78. The maximum atomic E-state index is 12.2. The molecule has 1 rings (SSSR count). The number of esters is 1. The number of oxime groups is 1. The van der Waals surface area contributed by atoms with Gasteiger partial charge in [0.2, 0.25) is 0 Å². The number of hydrogen-bond acceptors (Lipinski definition) is 5. The van der Waals surface area contributed by atoms with E-state index >= 15 is 0 Å². The van der Waals surface area contributed by atoms with Crippen LogP contribution in [-0.2, 0) is 19.2 Å². The first-order chi connectivity index (χ1) is 9.01. The van der Waals surface area contributed by atoms with Gasteiger partial charge in [0.25, 0.3) is 0 Å². The van der Waals surface area contributed by atoms with E-state index in [0.717, 1.165) is 5.56 Å². The molecule has 0 aliphatic heterocycles. The predicted molar refractivity (Wildman–Crippen MR) is 70.9 cm³/mol. The van der Waals surface area contributed by atoms with Crippen molar-refractivity contribution in [2.24, 2.45) is 11.1 Å². The number of Topliss-reactive ketones (excluding diaryl/α,β-unsaturated/α-hetero) is 1. The molecular formula is C14H17NO4. The Morgan fingerprint density at radius 3 is 2.21 bits per heavy atom. The molecule has 0 fully saturated rings. The molecule has 0 aromatic heterocycles. The van der Waals surface area contributed by atoms with Crippen LogP contribution in [0.3, 0.4) is 0 Å². The van der Waals surface area contributed by atoms with E-state index in [4.69, 9.17) is 0 Å². The molecule has 1 atom stereocenters. The Labute approximate surface area is 112 Å². The van der Waals surface area contributed by atoms with Gasteiger partial charge in [0.05, 0.1) is 7.11 Å². The zero-order chi connectivity index (χ0) is 14.4. The smallest absolute Gasteiger partial charge is 0.316 e. The van der Waals surface area contributed by atoms with Gasteiger partial charge < -0.3 is 9.57 Å². The Morgan fingerprint density at radius 2 is 1.74 bits per heavy atom. The number of benzene rings is 1. The van der Waals surface area contributed by atoms with E-state index < -0.39 is 17.7 Å². The lowest BCUT2D eigenvalue weighted by atomic mass is 9.97. The number of methoxy groups -OCH3 is 1. The first-order valence-corrected chi connectivity index (χ1v) is 5.81. The number of aryl methyl sites for hydroxylation is 1. The van der Waals surface area contributed by atoms with Gasteiger partial charge in [-0.3, -0.25) is 9.59 Å². The molecular weight excluding hydrogens is 246 g/mol. The highest BCUT2D eigenvalue weighted by molar-refractivity contribution is 6.48. The topological polar surface area (TPSA) is 65.0 Å². The predicted octanol–water partition coefficient (Wildman–Crippen LogP) is 1.72. The number of hydrogen-bond donors (Lipinski definition) is 0. The van der Waals surface area contributed by atoms with Crippen molar-refractivity contribution in [2.45, 2.75) is 13.8 Å². The van der Waals surface area contributed by atoms with Crippen molar-refractivity contribution in [3.63, 3.8) is 0 Å². The Bertz CT molecular complexity index is 491. The lowest BCUT2D eigenvalue weighted by Gasteiger charge is -2.10. The molecule has 0 heterocycles. The minimum Gasteiger partial charge on any atom is -0.468 e. The molecule has 0 radical (unpaired) electrons. The Hall–Kier alpha value is -2.17. The number of carbonyl (C=O) groups is 2. The molecule has 5 heteroatoms. The summed E-state index contributed by atoms with van der Waals surface area (Å²) in [6.45, 7) is 3.42. The van der Waals surface area contributed by atoms with Crippen molar-refractivity contribution in [3.05, 3.63) is 35.4 Å². The van der Waals surface area contributed by atoms with Crippen molar-refractivity contribution < 1.29 is 19.2 Å². The minimum atomic E-state index is -0.916. The summed E-state index contributed by atoms with van der Waals surface area (Å²) in [5.74, 6) is -1.95. The van der Waals surface area contributed by atoms with Gasteiger partial charge in [0.15, 0.2) is 11.5 Å². The number of rotatable bonds is 5. The summed E-state index contributed by atoms with van der Waals surface area (Å²) >= 11 is 0. The molecule has 0 spiro atoms. The summed E-state index contributed by atoms with van der Waals surface area (Å²) in [6, 6.07) is 7.23. The van der Waals surface area contributed by atoms with Crippen molar-refractivity contribution in [1.29, 1.82) is 0 Å². The third kappa shape index (κ3) is 3.64. The fourth-order valence-electron chi connectivity index (χ4n) is 1.53. The summed E-state index contributed by atoms with van der Waals surface area (Å²) in [7, 11) is 2.59. The molecule has 0 aliphatic carbocycles. The van der Waals surface area contributed by atoms with Crippen LogP contribution in [0, 0.1) is 12.8 Å². The number of carbonyl (C=O) groups excluding carboxylic acids is 2. The molecule has 1 aromatic carbocycles. The van der Waals surface area contributed by atoms with E-state index in [-0.39, 0.29) is 5.71 Å². The zero-order valence-electron chi connectivity index (χ0n) is 11.5. The van der Waals surface area contributed by atoms with Crippen LogP contribution in [0.15, 0.2) is 29.4 Å². The van der Waals surface area contributed by atoms with Crippen molar-refractivity contribution in [2.75, 3.05) is 14.2 Å². The van der Waals surface area contributed by atoms with Gasteiger partial charge in [-0.1, -0.05) is 35.0 Å². The van der Waals surface area contributed by atoms with E-state index in [9.17, 15) is 9.59 Å². The highest BCUT2D eigenvalue weighted by Gasteiger charge is 2.28. The summed E-state index contributed by atoms with van der Waals surface area (Å²) in [6.07, 6.45) is 0. The van der Waals surface area contributed by atoms with E-state index in [0.29, 0.717) is 5.56 Å². The Balaban J connectivity index is 3.08. The van der Waals surface area contributed by atoms with Crippen LogP contribution in [-0.4, -0.2) is 31.7 Å². The standard InChI is InChI=1S/C14H17NO4/c1-9-5-7-11(8-6-9)12(15-19-4)13(16)10(2)14(17)18-3/h5-8,10H,1-4H3/b15-12+. The van der Waals surface area contributed by atoms with Gasteiger partial charge >= 0.3 is 5.97 Å². The highest BCUT2D eigenvalue weighted by atomic mass is 16.6. The van der Waals surface area contributed by atoms with Gasteiger partial charge in [-0.15, -0.1) is 0 Å². The highest BCUT2D eigenvalue weighted by Crippen LogP contribution is 2.11. The summed E-state index contributed by atoms with van der Waals surface area (Å²) in [5, 5.41) is 3.72. The molecule has 5 nitrogen and oxygen atoms in total. The third-order valence-corrected chi connectivity index (χ3v) is 2.69. The molecule has 102 valence electrons. The molecule has 0 saturated heterocycles. The molecule has 0 saturated carbocycles. The third-order valence-electron chi connectivity index (χ3n) is 2.69. The van der Waals surface area contributed by atoms with Gasteiger partial charge in [0, 0.05) is 5.56 Å². The molecule has 1 aromatic rings. The molecule has 0 aliphatic rings. The fraction of sp³-hybridized carbons (Fsp3) is 0.357. The average Bonchev–Trinajstić information content (AvgIpc) is 2.43. The second kappa shape index (κ2) is 6.68. The second-order valence-electron chi connectivity index (χ2n) is 4.10. The van der Waals surface area contributed by atoms with Crippen LogP contribution in [0.4, 0.5) is 0 Å². The van der Waals surface area contributed by atoms with Crippen LogP contribution < -0.4 is 0 Å². The van der Waals surface area contributed by atoms with Gasteiger partial charge in [-0.25, -0.2) is 0 Å². The molecule has 0 bridgehead atoms. The Kier molecular flexibility index (Phi) is 5.23. The monoisotopic (exact) mass is 263 g/mol. The number of ketones is 1. The van der Waals surface area contributed by atoms with Crippen molar-refractivity contribution in [1.82, 2.24) is 0 Å². The van der Waals surface area contributed by atoms with Crippen LogP contribution in [0.5, 0.6) is 0 Å². The van der Waals surface area contributed by atoms with Crippen LogP contribution in [0.2, 0.25) is 0 Å². The largest absolute Gasteiger partial charge is 0.468 e. The fourth-order valence-corrected chi connectivity index (χ4v) is 1.53. The normalized spacial score (nSPS) is 12.7. The van der Waals surface area contributed by atoms with Gasteiger partial charge in [0.1, 0.15) is 13.0 Å². The lowest BCUT2D eigenvalue weighted by Crippen LogP contribution is -2.29. The first kappa shape index (κ1) is 14.9. The van der Waals surface area contributed by atoms with Crippen LogP contribution in [0.25, 0.3) is 0 Å². The molecule has 1 unspecified atom stereocenters. The Morgan fingerprint density at radius 1 is 1.16 bits per heavy atom. The number of ether oxygens (including phenoxy) is 1. The molecule has 0 amide bonds. The van der Waals surface area contributed by atoms with Gasteiger partial charge in [-0.2, -0.15) is 0 Å². The van der Waals surface area contributed by atoms with Crippen LogP contribution >= 0.6 is 0 Å². The van der Waals surface area contributed by atoms with E-state index in [1.54, 1.807) is 12.1 Å². The first-order valence-electron chi connectivity index (χ1n) is 5.81. The SMILES string of the molecule is CO/N=C(/C(=O)C(C)C(=O)OC)c1ccc(C)cc1. The van der Waals surface area contributed by atoms with E-state index in [1.807, 2.05) is 19.1 Å². The van der Waals surface area contributed by atoms with Crippen molar-refractivity contribution in [3.8, 4) is 0 Å². The van der Waals surface area contributed by atoms with Crippen LogP contribution in [0.1, 0.15) is 18.1 Å². The summed E-state index contributed by atoms with van der Waals surface area (Å²) < 4.78 is 4.56. The second-order valence-corrected chi connectivity index (χ2v) is 4.10.